The molecule has 0 aliphatic carbocycles. The van der Waals surface area contributed by atoms with Crippen LogP contribution >= 0.6 is 12.0 Å². The van der Waals surface area contributed by atoms with Crippen LogP contribution in [-0.4, -0.2) is 5.26 Å². The van der Waals surface area contributed by atoms with Crippen LogP contribution < -0.4 is 0 Å². The van der Waals surface area contributed by atoms with E-state index in [1.54, 1.807) is 0 Å². The van der Waals surface area contributed by atoms with Crippen molar-refractivity contribution >= 4 is 12.0 Å². The van der Waals surface area contributed by atoms with Gasteiger partial charge in [-0.15, -0.1) is 4.33 Å². The van der Waals surface area contributed by atoms with E-state index in [1.165, 1.54) is 32.1 Å². The Kier molecular flexibility index (Phi) is 11.9. The minimum absolute atomic E-state index is 0.0427. The third-order valence-electron chi connectivity index (χ3n) is 4.24. The maximum atomic E-state index is 14.2. The van der Waals surface area contributed by atoms with Crippen molar-refractivity contribution < 1.29 is 32.2 Å². The van der Waals surface area contributed by atoms with E-state index in [0.717, 1.165) is 25.7 Å². The smallest absolute Gasteiger partial charge is 0.196 e. The predicted molar refractivity (Wildman–Crippen MR) is 92.5 cm³/mol. The van der Waals surface area contributed by atoms with Gasteiger partial charge >= 0.3 is 0 Å². The Labute approximate surface area is 156 Å². The Bertz CT molecular complexity index is 544. The van der Waals surface area contributed by atoms with Gasteiger partial charge < -0.3 is 0 Å². The van der Waals surface area contributed by atoms with Gasteiger partial charge in [-0.1, -0.05) is 69.7 Å². The molecule has 0 fully saturated rings. The molecule has 0 unspecified atom stereocenters. The van der Waals surface area contributed by atoms with Gasteiger partial charge in [0.2, 0.25) is 0 Å². The van der Waals surface area contributed by atoms with Crippen molar-refractivity contribution in [2.75, 3.05) is 0 Å². The maximum Gasteiger partial charge on any atom is 0.196 e. The fraction of sp³-hybridized carbons (Fsp3) is 0.667. The Morgan fingerprint density at radius 2 is 1.27 bits per heavy atom. The zero-order chi connectivity index (χ0) is 19.4. The molecule has 1 N–H and O–H groups in total. The van der Waals surface area contributed by atoms with Crippen molar-refractivity contribution in [2.45, 2.75) is 82.4 Å². The number of unbranched alkanes of at least 4 members (excludes halogenated alkanes) is 9. The number of hydrogen-bond donors (Lipinski definition) is 1. The van der Waals surface area contributed by atoms with Gasteiger partial charge in [0.1, 0.15) is 10.7 Å². The molecule has 8 heteroatoms. The van der Waals surface area contributed by atoms with E-state index in [0.29, 0.717) is 6.42 Å². The van der Waals surface area contributed by atoms with Gasteiger partial charge in [-0.3, -0.25) is 0 Å². The molecule has 0 aliphatic rings. The minimum atomic E-state index is -1.77. The van der Waals surface area contributed by atoms with Crippen molar-refractivity contribution in [1.29, 1.82) is 0 Å². The second-order valence-electron chi connectivity index (χ2n) is 6.22. The lowest BCUT2D eigenvalue weighted by Gasteiger charge is -2.11. The zero-order valence-electron chi connectivity index (χ0n) is 15.0. The molecule has 0 saturated carbocycles. The van der Waals surface area contributed by atoms with Gasteiger partial charge in [0, 0.05) is 5.56 Å². The molecule has 0 saturated heterocycles. The molecule has 26 heavy (non-hydrogen) atoms. The number of halogens is 4. The lowest BCUT2D eigenvalue weighted by molar-refractivity contribution is -0.432. The number of rotatable bonds is 14. The van der Waals surface area contributed by atoms with Crippen LogP contribution in [0.3, 0.4) is 0 Å². The van der Waals surface area contributed by atoms with Gasteiger partial charge in [-0.2, -0.15) is 0 Å². The molecule has 0 atom stereocenters. The summed E-state index contributed by atoms with van der Waals surface area (Å²) in [7, 11) is 0. The monoisotopic (exact) mass is 398 g/mol. The topological polar surface area (TPSA) is 38.7 Å². The van der Waals surface area contributed by atoms with Crippen molar-refractivity contribution in [1.82, 2.24) is 0 Å². The van der Waals surface area contributed by atoms with Crippen LogP contribution in [0.2, 0.25) is 0 Å². The molecule has 0 aromatic heterocycles. The van der Waals surface area contributed by atoms with Crippen molar-refractivity contribution in [3.63, 3.8) is 0 Å². The normalized spacial score (nSPS) is 11.3. The van der Waals surface area contributed by atoms with Crippen LogP contribution in [0, 0.1) is 23.3 Å². The van der Waals surface area contributed by atoms with Crippen LogP contribution in [0.5, 0.6) is 0 Å². The average Bonchev–Trinajstić information content (AvgIpc) is 2.64. The molecule has 0 heterocycles. The summed E-state index contributed by atoms with van der Waals surface area (Å²) in [5, 5.41) is 11.3. The molecular formula is C18H26F4O3S. The molecule has 0 spiro atoms. The molecule has 0 aliphatic heterocycles. The molecule has 150 valence electrons. The van der Waals surface area contributed by atoms with Gasteiger partial charge in [0.15, 0.2) is 17.5 Å². The highest BCUT2D eigenvalue weighted by atomic mass is 32.2. The molecule has 0 amide bonds. The average molecular weight is 398 g/mol. The summed E-state index contributed by atoms with van der Waals surface area (Å²) in [4.78, 5) is -0.889. The molecule has 1 rings (SSSR count). The maximum absolute atomic E-state index is 14.2. The lowest BCUT2D eigenvalue weighted by Crippen LogP contribution is -2.06. The predicted octanol–water partition coefficient (Wildman–Crippen LogP) is 7.13. The van der Waals surface area contributed by atoms with Gasteiger partial charge in [-0.25, -0.2) is 22.8 Å². The van der Waals surface area contributed by atoms with Crippen LogP contribution in [0.4, 0.5) is 17.6 Å². The Morgan fingerprint density at radius 3 is 1.81 bits per heavy atom. The van der Waals surface area contributed by atoms with E-state index in [-0.39, 0.29) is 18.5 Å². The second-order valence-corrected chi connectivity index (χ2v) is 6.93. The highest BCUT2D eigenvalue weighted by molar-refractivity contribution is 7.94. The van der Waals surface area contributed by atoms with E-state index < -0.39 is 33.7 Å². The van der Waals surface area contributed by atoms with Crippen molar-refractivity contribution in [3.05, 3.63) is 28.8 Å². The first-order chi connectivity index (χ1) is 12.5. The fourth-order valence-corrected chi connectivity index (χ4v) is 3.25. The molecule has 0 bridgehead atoms. The third-order valence-corrected chi connectivity index (χ3v) is 4.90. The SMILES string of the molecule is CCCCCCCCCCCCc1c(F)c(F)c(F)c(SOOO)c1F. The first-order valence-corrected chi connectivity index (χ1v) is 9.78. The third kappa shape index (κ3) is 7.42. The van der Waals surface area contributed by atoms with Gasteiger partial charge in [0.25, 0.3) is 0 Å². The Balaban J connectivity index is 2.43. The number of benzene rings is 1. The minimum Gasteiger partial charge on any atom is -0.220 e. The molecule has 0 radical (unpaired) electrons. The second kappa shape index (κ2) is 13.4. The molecule has 3 nitrogen and oxygen atoms in total. The van der Waals surface area contributed by atoms with E-state index in [1.807, 2.05) is 0 Å². The lowest BCUT2D eigenvalue weighted by atomic mass is 10.0. The molecule has 1 aromatic carbocycles. The summed E-state index contributed by atoms with van der Waals surface area (Å²) < 4.78 is 59.1. The largest absolute Gasteiger partial charge is 0.220 e. The number of hydrogen-bond acceptors (Lipinski definition) is 4. The van der Waals surface area contributed by atoms with Crippen LogP contribution in [-0.2, 0) is 15.8 Å². The summed E-state index contributed by atoms with van der Waals surface area (Å²) in [6.07, 6.45) is 10.5. The molecule has 1 aromatic rings. The highest BCUT2D eigenvalue weighted by Gasteiger charge is 2.26. The Hall–Kier alpha value is -0.830. The van der Waals surface area contributed by atoms with Crippen molar-refractivity contribution in [2.24, 2.45) is 0 Å². The van der Waals surface area contributed by atoms with Gasteiger partial charge in [0.05, 0.1) is 12.0 Å². The first-order valence-electron chi connectivity index (χ1n) is 9.04. The van der Waals surface area contributed by atoms with Crippen molar-refractivity contribution in [3.8, 4) is 0 Å². The van der Waals surface area contributed by atoms with Crippen LogP contribution in [0.25, 0.3) is 0 Å². The van der Waals surface area contributed by atoms with E-state index in [4.69, 9.17) is 5.26 Å². The quantitative estimate of drug-likeness (QED) is 0.0688. The standard InChI is InChI=1S/C18H26F4O3S/c1-2-3-4-5-6-7-8-9-10-11-12-13-14(19)16(21)17(22)18(15(13)20)26-25-24-23/h23H,2-12H2,1H3. The van der Waals surface area contributed by atoms with Gasteiger partial charge in [-0.05, 0) is 12.8 Å². The summed E-state index contributed by atoms with van der Waals surface area (Å²) in [6.45, 7) is 2.17. The van der Waals surface area contributed by atoms with Crippen LogP contribution in [0.1, 0.15) is 76.7 Å². The Morgan fingerprint density at radius 1 is 0.731 bits per heavy atom. The van der Waals surface area contributed by atoms with E-state index in [9.17, 15) is 17.6 Å². The van der Waals surface area contributed by atoms with E-state index in [2.05, 4.69) is 16.3 Å². The first kappa shape index (κ1) is 23.2. The zero-order valence-corrected chi connectivity index (χ0v) is 15.8. The highest BCUT2D eigenvalue weighted by Crippen LogP contribution is 2.33. The van der Waals surface area contributed by atoms with E-state index >= 15 is 0 Å². The van der Waals surface area contributed by atoms with Crippen LogP contribution in [0.15, 0.2) is 4.90 Å². The summed E-state index contributed by atoms with van der Waals surface area (Å²) in [5.41, 5.74) is -0.521. The fourth-order valence-electron chi connectivity index (χ4n) is 2.79. The summed E-state index contributed by atoms with van der Waals surface area (Å²) in [6, 6.07) is 0. The summed E-state index contributed by atoms with van der Waals surface area (Å²) in [5.74, 6) is -6.24. The summed E-state index contributed by atoms with van der Waals surface area (Å²) >= 11 is -0.0599. The molecular weight excluding hydrogens is 372 g/mol.